The lowest BCUT2D eigenvalue weighted by molar-refractivity contribution is -0.385. The fraction of sp³-hybridized carbons (Fsp3) is 0.211. The molecule has 0 aromatic heterocycles. The van der Waals surface area contributed by atoms with Crippen molar-refractivity contribution >= 4 is 23.5 Å². The summed E-state index contributed by atoms with van der Waals surface area (Å²) in [5.41, 5.74) is 0.154. The summed E-state index contributed by atoms with van der Waals surface area (Å²) in [6, 6.07) is 12.2. The largest absolute Gasteiger partial charge is 0.480 e. The van der Waals surface area contributed by atoms with Crippen molar-refractivity contribution < 1.29 is 29.5 Å². The Morgan fingerprint density at radius 1 is 1.00 bits per heavy atom. The molecule has 0 fully saturated rings. The Morgan fingerprint density at radius 2 is 1.61 bits per heavy atom. The van der Waals surface area contributed by atoms with Gasteiger partial charge in [-0.2, -0.15) is 0 Å². The van der Waals surface area contributed by atoms with Crippen LogP contribution in [0, 0.1) is 10.1 Å². The predicted molar refractivity (Wildman–Crippen MR) is 98.1 cm³/mol. The summed E-state index contributed by atoms with van der Waals surface area (Å²) in [4.78, 5) is 46.6. The molecule has 2 aromatic rings. The summed E-state index contributed by atoms with van der Waals surface area (Å²) in [6.07, 6.45) is -1.98. The van der Waals surface area contributed by atoms with Crippen LogP contribution in [0.3, 0.4) is 0 Å². The molecule has 1 amide bonds. The standard InChI is InChI=1S/C19H18N2O7/c22-17(13-6-2-1-3-7-13)11-10-16(18(23)24)20(19(25)26)12-14-8-4-5-9-15(14)21(27)28/h1-9,16H,10-12H2,(H,23,24)(H,25,26). The first-order valence-corrected chi connectivity index (χ1v) is 8.34. The van der Waals surface area contributed by atoms with E-state index in [-0.39, 0.29) is 29.9 Å². The smallest absolute Gasteiger partial charge is 0.408 e. The van der Waals surface area contributed by atoms with Gasteiger partial charge in [-0.05, 0) is 6.42 Å². The zero-order chi connectivity index (χ0) is 20.7. The maximum absolute atomic E-state index is 12.2. The number of hydrogen-bond donors (Lipinski definition) is 2. The normalized spacial score (nSPS) is 11.4. The van der Waals surface area contributed by atoms with Gasteiger partial charge in [0.2, 0.25) is 0 Å². The van der Waals surface area contributed by atoms with Crippen LogP contribution in [0.1, 0.15) is 28.8 Å². The van der Waals surface area contributed by atoms with Crippen LogP contribution in [0.25, 0.3) is 0 Å². The van der Waals surface area contributed by atoms with Crippen molar-refractivity contribution in [3.8, 4) is 0 Å². The van der Waals surface area contributed by atoms with Crippen LogP contribution in [0.4, 0.5) is 10.5 Å². The maximum Gasteiger partial charge on any atom is 0.408 e. The topological polar surface area (TPSA) is 138 Å². The van der Waals surface area contributed by atoms with Crippen LogP contribution in [-0.4, -0.2) is 43.9 Å². The number of nitrogens with zero attached hydrogens (tertiary/aromatic N) is 2. The first-order chi connectivity index (χ1) is 13.3. The van der Waals surface area contributed by atoms with Crippen LogP contribution in [0.2, 0.25) is 0 Å². The number of hydrogen-bond acceptors (Lipinski definition) is 5. The molecule has 0 radical (unpaired) electrons. The van der Waals surface area contributed by atoms with E-state index in [2.05, 4.69) is 0 Å². The number of ketones is 1. The summed E-state index contributed by atoms with van der Waals surface area (Å²) in [7, 11) is 0. The summed E-state index contributed by atoms with van der Waals surface area (Å²) in [5.74, 6) is -1.75. The average Bonchev–Trinajstić information content (AvgIpc) is 2.67. The van der Waals surface area contributed by atoms with E-state index in [1.807, 2.05) is 0 Å². The number of benzene rings is 2. The molecule has 9 nitrogen and oxygen atoms in total. The molecule has 0 spiro atoms. The Hall–Kier alpha value is -3.75. The second kappa shape index (κ2) is 9.26. The third-order valence-electron chi connectivity index (χ3n) is 4.18. The van der Waals surface area contributed by atoms with Crippen molar-refractivity contribution in [3.63, 3.8) is 0 Å². The number of carboxylic acids is 1. The zero-order valence-electron chi connectivity index (χ0n) is 14.7. The fourth-order valence-electron chi connectivity index (χ4n) is 2.77. The molecule has 0 saturated heterocycles. The third-order valence-corrected chi connectivity index (χ3v) is 4.18. The van der Waals surface area contributed by atoms with E-state index >= 15 is 0 Å². The van der Waals surface area contributed by atoms with Gasteiger partial charge in [-0.3, -0.25) is 19.8 Å². The van der Waals surface area contributed by atoms with E-state index in [0.29, 0.717) is 10.5 Å². The van der Waals surface area contributed by atoms with Gasteiger partial charge in [-0.15, -0.1) is 0 Å². The number of carbonyl (C=O) groups excluding carboxylic acids is 1. The van der Waals surface area contributed by atoms with Crippen molar-refractivity contribution in [3.05, 3.63) is 75.8 Å². The third kappa shape index (κ3) is 5.13. The minimum atomic E-state index is -1.54. The zero-order valence-corrected chi connectivity index (χ0v) is 14.7. The highest BCUT2D eigenvalue weighted by molar-refractivity contribution is 5.96. The Morgan fingerprint density at radius 3 is 2.18 bits per heavy atom. The van der Waals surface area contributed by atoms with E-state index in [1.54, 1.807) is 30.3 Å². The Balaban J connectivity index is 2.21. The highest BCUT2D eigenvalue weighted by Crippen LogP contribution is 2.22. The van der Waals surface area contributed by atoms with Gasteiger partial charge in [-0.1, -0.05) is 48.5 Å². The molecule has 0 bridgehead atoms. The number of rotatable bonds is 9. The fourth-order valence-corrected chi connectivity index (χ4v) is 2.77. The molecule has 0 aliphatic carbocycles. The van der Waals surface area contributed by atoms with Crippen molar-refractivity contribution in [2.75, 3.05) is 0 Å². The van der Waals surface area contributed by atoms with Crippen LogP contribution in [0.5, 0.6) is 0 Å². The molecule has 2 N–H and O–H groups in total. The maximum atomic E-state index is 12.2. The highest BCUT2D eigenvalue weighted by atomic mass is 16.6. The number of carbonyl (C=O) groups is 3. The molecule has 0 heterocycles. The lowest BCUT2D eigenvalue weighted by Crippen LogP contribution is -2.44. The van der Waals surface area contributed by atoms with Crippen LogP contribution in [-0.2, 0) is 11.3 Å². The van der Waals surface area contributed by atoms with E-state index in [0.717, 1.165) is 0 Å². The van der Waals surface area contributed by atoms with Crippen LogP contribution >= 0.6 is 0 Å². The summed E-state index contributed by atoms with van der Waals surface area (Å²) in [6.45, 7) is -0.483. The van der Waals surface area contributed by atoms with E-state index < -0.39 is 29.6 Å². The van der Waals surface area contributed by atoms with Crippen LogP contribution < -0.4 is 0 Å². The molecule has 2 rings (SSSR count). The van der Waals surface area contributed by atoms with Gasteiger partial charge in [0.25, 0.3) is 5.69 Å². The minimum absolute atomic E-state index is 0.0653. The van der Waals surface area contributed by atoms with Crippen molar-refractivity contribution in [1.82, 2.24) is 4.90 Å². The monoisotopic (exact) mass is 386 g/mol. The number of Topliss-reactive ketones (excluding diaryl/α,β-unsaturated/α-hetero) is 1. The Kier molecular flexibility index (Phi) is 6.80. The summed E-state index contributed by atoms with van der Waals surface area (Å²) < 4.78 is 0. The average molecular weight is 386 g/mol. The molecule has 2 aromatic carbocycles. The van der Waals surface area contributed by atoms with Crippen LogP contribution in [0.15, 0.2) is 54.6 Å². The van der Waals surface area contributed by atoms with Gasteiger partial charge in [-0.25, -0.2) is 9.59 Å². The number of para-hydroxylation sites is 1. The molecule has 0 aliphatic rings. The first-order valence-electron chi connectivity index (χ1n) is 8.34. The van der Waals surface area contributed by atoms with Crippen molar-refractivity contribution in [1.29, 1.82) is 0 Å². The van der Waals surface area contributed by atoms with Gasteiger partial charge < -0.3 is 10.2 Å². The molecule has 0 saturated carbocycles. The molecular formula is C19H18N2O7. The number of aliphatic carboxylic acids is 1. The molecule has 0 aliphatic heterocycles. The number of amides is 1. The molecule has 1 unspecified atom stereocenters. The van der Waals surface area contributed by atoms with E-state index in [4.69, 9.17) is 0 Å². The number of carboxylic acid groups (broad SMARTS) is 2. The first kappa shape index (κ1) is 20.6. The van der Waals surface area contributed by atoms with E-state index in [9.17, 15) is 34.7 Å². The lowest BCUT2D eigenvalue weighted by atomic mass is 10.0. The van der Waals surface area contributed by atoms with Gasteiger partial charge in [0.15, 0.2) is 5.78 Å². The highest BCUT2D eigenvalue weighted by Gasteiger charge is 2.31. The lowest BCUT2D eigenvalue weighted by Gasteiger charge is -2.26. The molecule has 9 heteroatoms. The van der Waals surface area contributed by atoms with Crippen molar-refractivity contribution in [2.24, 2.45) is 0 Å². The van der Waals surface area contributed by atoms with Gasteiger partial charge in [0.05, 0.1) is 11.5 Å². The van der Waals surface area contributed by atoms with Crippen molar-refractivity contribution in [2.45, 2.75) is 25.4 Å². The summed E-state index contributed by atoms with van der Waals surface area (Å²) >= 11 is 0. The van der Waals surface area contributed by atoms with E-state index in [1.165, 1.54) is 24.3 Å². The SMILES string of the molecule is O=C(CCC(C(=O)O)N(Cc1ccccc1[N+](=O)[O-])C(=O)O)c1ccccc1. The van der Waals surface area contributed by atoms with Gasteiger partial charge in [0.1, 0.15) is 6.04 Å². The summed E-state index contributed by atoms with van der Waals surface area (Å²) in [5, 5.41) is 30.1. The Bertz CT molecular complexity index is 883. The molecule has 1 atom stereocenters. The number of nitro benzene ring substituents is 1. The molecule has 28 heavy (non-hydrogen) atoms. The quantitative estimate of drug-likeness (QED) is 0.383. The predicted octanol–water partition coefficient (Wildman–Crippen LogP) is 3.19. The molecular weight excluding hydrogens is 368 g/mol. The van der Waals surface area contributed by atoms with Gasteiger partial charge >= 0.3 is 12.1 Å². The minimum Gasteiger partial charge on any atom is -0.480 e. The van der Waals surface area contributed by atoms with Gasteiger partial charge in [0, 0.05) is 23.6 Å². The number of nitro groups is 1. The second-order valence-electron chi connectivity index (χ2n) is 5.98. The molecule has 146 valence electrons. The Labute approximate surface area is 160 Å². The second-order valence-corrected chi connectivity index (χ2v) is 5.98.